The monoisotopic (exact) mass is 235 g/mol. The first-order valence-electron chi connectivity index (χ1n) is 6.36. The Balaban J connectivity index is 2.26. The van der Waals surface area contributed by atoms with E-state index in [1.807, 2.05) is 11.8 Å². The minimum atomic E-state index is 0.791. The minimum Gasteiger partial charge on any atom is -0.123 e. The van der Waals surface area contributed by atoms with Crippen molar-refractivity contribution in [2.24, 2.45) is 0 Å². The Morgan fingerprint density at radius 3 is 2.56 bits per heavy atom. The van der Waals surface area contributed by atoms with Crippen LogP contribution < -0.4 is 0 Å². The molecule has 0 amide bonds. The van der Waals surface area contributed by atoms with Crippen LogP contribution in [0.2, 0.25) is 0 Å². The fraction of sp³-hybridized carbons (Fsp3) is 0.533. The third-order valence-corrected chi connectivity index (χ3v) is 4.22. The fourth-order valence-electron chi connectivity index (χ4n) is 1.76. The highest BCUT2D eigenvalue weighted by Crippen LogP contribution is 2.28. The molecule has 0 heterocycles. The molecule has 0 aromatic heterocycles. The molecule has 0 bridgehead atoms. The molecule has 1 aromatic carbocycles. The van der Waals surface area contributed by atoms with E-state index in [4.69, 9.17) is 0 Å². The van der Waals surface area contributed by atoms with Gasteiger partial charge in [-0.25, -0.2) is 0 Å². The lowest BCUT2D eigenvalue weighted by Gasteiger charge is -2.14. The molecule has 0 fully saturated rings. The molecule has 1 radical (unpaired) electrons. The number of unbranched alkanes of at least 4 members (excludes halogenated alkanes) is 3. The SMILES string of the molecule is C[CH]CCCCC(CC)Sc1ccccc1. The summed E-state index contributed by atoms with van der Waals surface area (Å²) in [6, 6.07) is 10.8. The molecule has 0 N–H and O–H groups in total. The highest BCUT2D eigenvalue weighted by Gasteiger charge is 2.07. The van der Waals surface area contributed by atoms with Gasteiger partial charge in [0.25, 0.3) is 0 Å². The van der Waals surface area contributed by atoms with Crippen LogP contribution in [-0.4, -0.2) is 5.25 Å². The van der Waals surface area contributed by atoms with Gasteiger partial charge in [-0.2, -0.15) is 0 Å². The van der Waals surface area contributed by atoms with Crippen LogP contribution in [0.1, 0.15) is 46.0 Å². The molecule has 16 heavy (non-hydrogen) atoms. The van der Waals surface area contributed by atoms with Crippen molar-refractivity contribution in [1.29, 1.82) is 0 Å². The van der Waals surface area contributed by atoms with Crippen molar-refractivity contribution < 1.29 is 0 Å². The molecule has 1 heteroatoms. The average Bonchev–Trinajstić information content (AvgIpc) is 2.34. The summed E-state index contributed by atoms with van der Waals surface area (Å²) in [5, 5.41) is 0.791. The lowest BCUT2D eigenvalue weighted by atomic mass is 10.1. The highest BCUT2D eigenvalue weighted by molar-refractivity contribution is 8.00. The van der Waals surface area contributed by atoms with E-state index < -0.39 is 0 Å². The smallest absolute Gasteiger partial charge is 0.00917 e. The number of hydrogen-bond donors (Lipinski definition) is 0. The van der Waals surface area contributed by atoms with Gasteiger partial charge in [0.1, 0.15) is 0 Å². The van der Waals surface area contributed by atoms with Gasteiger partial charge in [0.05, 0.1) is 0 Å². The molecular formula is C15H23S. The first kappa shape index (κ1) is 13.6. The van der Waals surface area contributed by atoms with E-state index in [1.54, 1.807) is 0 Å². The van der Waals surface area contributed by atoms with Gasteiger partial charge in [-0.3, -0.25) is 0 Å². The van der Waals surface area contributed by atoms with Crippen molar-refractivity contribution in [2.45, 2.75) is 56.1 Å². The topological polar surface area (TPSA) is 0 Å². The van der Waals surface area contributed by atoms with Crippen molar-refractivity contribution in [1.82, 2.24) is 0 Å². The summed E-state index contributed by atoms with van der Waals surface area (Å²) >= 11 is 2.04. The largest absolute Gasteiger partial charge is 0.123 e. The Labute approximate surface area is 105 Å². The van der Waals surface area contributed by atoms with Crippen molar-refractivity contribution in [3.8, 4) is 0 Å². The van der Waals surface area contributed by atoms with Crippen LogP contribution in [0.25, 0.3) is 0 Å². The molecule has 0 nitrogen and oxygen atoms in total. The Bertz CT molecular complexity index is 255. The van der Waals surface area contributed by atoms with Crippen LogP contribution in [0.4, 0.5) is 0 Å². The molecular weight excluding hydrogens is 212 g/mol. The second-order valence-corrected chi connectivity index (χ2v) is 5.53. The Morgan fingerprint density at radius 1 is 1.19 bits per heavy atom. The lowest BCUT2D eigenvalue weighted by molar-refractivity contribution is 0.640. The summed E-state index contributed by atoms with van der Waals surface area (Å²) < 4.78 is 0. The van der Waals surface area contributed by atoms with Gasteiger partial charge in [0, 0.05) is 10.1 Å². The summed E-state index contributed by atoms with van der Waals surface area (Å²) in [4.78, 5) is 1.41. The van der Waals surface area contributed by atoms with Crippen LogP contribution in [-0.2, 0) is 0 Å². The van der Waals surface area contributed by atoms with Gasteiger partial charge in [0.15, 0.2) is 0 Å². The minimum absolute atomic E-state index is 0.791. The van der Waals surface area contributed by atoms with Gasteiger partial charge in [-0.1, -0.05) is 51.3 Å². The molecule has 0 saturated carbocycles. The van der Waals surface area contributed by atoms with Gasteiger partial charge < -0.3 is 0 Å². The fourth-order valence-corrected chi connectivity index (χ4v) is 2.91. The van der Waals surface area contributed by atoms with Gasteiger partial charge in [-0.05, 0) is 31.4 Å². The van der Waals surface area contributed by atoms with Crippen molar-refractivity contribution >= 4 is 11.8 Å². The normalized spacial score (nSPS) is 12.6. The number of rotatable bonds is 8. The Hall–Kier alpha value is -0.430. The molecule has 89 valence electrons. The summed E-state index contributed by atoms with van der Waals surface area (Å²) in [6.45, 7) is 4.45. The quantitative estimate of drug-likeness (QED) is 0.433. The van der Waals surface area contributed by atoms with Crippen molar-refractivity contribution in [3.05, 3.63) is 36.8 Å². The first-order chi connectivity index (χ1) is 7.86. The van der Waals surface area contributed by atoms with Crippen LogP contribution in [0, 0.1) is 6.42 Å². The molecule has 0 aliphatic rings. The van der Waals surface area contributed by atoms with Gasteiger partial charge in [0.2, 0.25) is 0 Å². The maximum Gasteiger partial charge on any atom is 0.00917 e. The van der Waals surface area contributed by atoms with E-state index in [2.05, 4.69) is 50.6 Å². The molecule has 0 aliphatic heterocycles. The first-order valence-corrected chi connectivity index (χ1v) is 7.24. The number of thioether (sulfide) groups is 1. The van der Waals surface area contributed by atoms with Crippen LogP contribution in [0.3, 0.4) is 0 Å². The second-order valence-electron chi connectivity index (χ2n) is 4.15. The van der Waals surface area contributed by atoms with E-state index >= 15 is 0 Å². The predicted octanol–water partition coefficient (Wildman–Crippen LogP) is 5.34. The van der Waals surface area contributed by atoms with E-state index in [9.17, 15) is 0 Å². The van der Waals surface area contributed by atoms with E-state index in [0.717, 1.165) is 5.25 Å². The average molecular weight is 235 g/mol. The highest BCUT2D eigenvalue weighted by atomic mass is 32.2. The molecule has 1 rings (SSSR count). The van der Waals surface area contributed by atoms with Crippen LogP contribution in [0.15, 0.2) is 35.2 Å². The molecule has 1 unspecified atom stereocenters. The molecule has 0 aliphatic carbocycles. The zero-order chi connectivity index (χ0) is 11.6. The Kier molecular flexibility index (Phi) is 7.41. The van der Waals surface area contributed by atoms with Gasteiger partial charge >= 0.3 is 0 Å². The van der Waals surface area contributed by atoms with E-state index in [1.165, 1.54) is 37.0 Å². The molecule has 1 aromatic rings. The molecule has 0 saturated heterocycles. The zero-order valence-corrected chi connectivity index (χ0v) is 11.3. The summed E-state index contributed by atoms with van der Waals surface area (Å²) in [7, 11) is 0. The van der Waals surface area contributed by atoms with E-state index in [-0.39, 0.29) is 0 Å². The predicted molar refractivity (Wildman–Crippen MR) is 74.8 cm³/mol. The number of benzene rings is 1. The van der Waals surface area contributed by atoms with Crippen molar-refractivity contribution in [2.75, 3.05) is 0 Å². The summed E-state index contributed by atoms with van der Waals surface area (Å²) in [5.74, 6) is 0. The second kappa shape index (κ2) is 8.69. The van der Waals surface area contributed by atoms with Crippen molar-refractivity contribution in [3.63, 3.8) is 0 Å². The lowest BCUT2D eigenvalue weighted by Crippen LogP contribution is -2.00. The number of hydrogen-bond acceptors (Lipinski definition) is 1. The molecule has 1 atom stereocenters. The maximum absolute atomic E-state index is 2.30. The van der Waals surface area contributed by atoms with Crippen LogP contribution in [0.5, 0.6) is 0 Å². The Morgan fingerprint density at radius 2 is 1.94 bits per heavy atom. The summed E-state index contributed by atoms with van der Waals surface area (Å²) in [5.41, 5.74) is 0. The maximum atomic E-state index is 2.30. The zero-order valence-electron chi connectivity index (χ0n) is 10.5. The standard InChI is InChI=1S/C15H23S/c1-3-5-6-8-11-14(4-2)16-15-12-9-7-10-13-15/h3,7,9-10,12-14H,4-6,8,11H2,1-2H3. The van der Waals surface area contributed by atoms with Crippen LogP contribution >= 0.6 is 11.8 Å². The third-order valence-electron chi connectivity index (χ3n) is 2.77. The van der Waals surface area contributed by atoms with E-state index in [0.29, 0.717) is 0 Å². The molecule has 0 spiro atoms. The third kappa shape index (κ3) is 5.60. The van der Waals surface area contributed by atoms with Gasteiger partial charge in [-0.15, -0.1) is 11.8 Å². The summed E-state index contributed by atoms with van der Waals surface area (Å²) in [6.07, 6.45) is 8.88.